The van der Waals surface area contributed by atoms with Crippen molar-refractivity contribution in [3.8, 4) is 0 Å². The van der Waals surface area contributed by atoms with Gasteiger partial charge in [-0.3, -0.25) is 0 Å². The molecule has 0 spiro atoms. The number of anilines is 1. The molecule has 0 bridgehead atoms. The molecule has 0 saturated heterocycles. The first-order valence-corrected chi connectivity index (χ1v) is 9.13. The van der Waals surface area contributed by atoms with Crippen LogP contribution >= 0.6 is 15.9 Å². The molecule has 0 amide bonds. The summed E-state index contributed by atoms with van der Waals surface area (Å²) in [5.74, 6) is 0. The third-order valence-electron chi connectivity index (χ3n) is 4.15. The average Bonchev–Trinajstić information content (AvgIpc) is 2.47. The van der Waals surface area contributed by atoms with E-state index in [-0.39, 0.29) is 0 Å². The highest BCUT2D eigenvalue weighted by Gasteiger charge is 2.19. The van der Waals surface area contributed by atoms with E-state index < -0.39 is 0 Å². The zero-order valence-electron chi connectivity index (χ0n) is 14.2. The van der Waals surface area contributed by atoms with Crippen molar-refractivity contribution in [2.24, 2.45) is 0 Å². The summed E-state index contributed by atoms with van der Waals surface area (Å²) >= 11 is 3.64. The van der Waals surface area contributed by atoms with Crippen LogP contribution in [0.3, 0.4) is 0 Å². The minimum absolute atomic E-state index is 0.381. The molecule has 1 aromatic rings. The molecule has 1 rings (SSSR count). The maximum Gasteiger partial charge on any atom is 0.0428 e. The van der Waals surface area contributed by atoms with E-state index in [9.17, 15) is 0 Å². The number of halogens is 1. The Morgan fingerprint density at radius 3 is 2.48 bits per heavy atom. The number of hydrogen-bond donors (Lipinski definition) is 1. The second-order valence-corrected chi connectivity index (χ2v) is 6.70. The van der Waals surface area contributed by atoms with Crippen LogP contribution in [-0.2, 0) is 0 Å². The summed E-state index contributed by atoms with van der Waals surface area (Å²) in [6.45, 7) is 13.4. The molecular weight excluding hydrogens is 324 g/mol. The van der Waals surface area contributed by atoms with Crippen molar-refractivity contribution in [1.82, 2.24) is 5.32 Å². The summed E-state index contributed by atoms with van der Waals surface area (Å²) in [5.41, 5.74) is 2.78. The molecule has 0 aromatic heterocycles. The fraction of sp³-hybridized carbons (Fsp3) is 0.667. The topological polar surface area (TPSA) is 15.3 Å². The van der Waals surface area contributed by atoms with E-state index >= 15 is 0 Å². The van der Waals surface area contributed by atoms with Crippen molar-refractivity contribution in [1.29, 1.82) is 0 Å². The number of rotatable bonds is 9. The van der Waals surface area contributed by atoms with E-state index in [0.29, 0.717) is 12.1 Å². The van der Waals surface area contributed by atoms with Crippen LogP contribution in [0.5, 0.6) is 0 Å². The molecule has 0 aliphatic rings. The first kappa shape index (κ1) is 18.5. The number of unbranched alkanes of at least 4 members (excludes halogenated alkanes) is 1. The van der Waals surface area contributed by atoms with Gasteiger partial charge in [0.1, 0.15) is 0 Å². The Kier molecular flexibility index (Phi) is 8.35. The molecule has 0 radical (unpaired) electrons. The lowest BCUT2D eigenvalue weighted by Gasteiger charge is -2.34. The SMILES string of the molecule is CCCCN(c1cc(Br)ccc1C(C)NCC)C(C)CC. The van der Waals surface area contributed by atoms with Crippen LogP contribution in [0.25, 0.3) is 0 Å². The first-order valence-electron chi connectivity index (χ1n) is 8.34. The van der Waals surface area contributed by atoms with Crippen molar-refractivity contribution in [3.63, 3.8) is 0 Å². The van der Waals surface area contributed by atoms with Crippen LogP contribution < -0.4 is 10.2 Å². The van der Waals surface area contributed by atoms with Crippen LogP contribution in [0.1, 0.15) is 65.5 Å². The van der Waals surface area contributed by atoms with Gasteiger partial charge < -0.3 is 10.2 Å². The summed E-state index contributed by atoms with van der Waals surface area (Å²) in [6.07, 6.45) is 3.65. The van der Waals surface area contributed by atoms with Gasteiger partial charge in [-0.05, 0) is 50.9 Å². The minimum atomic E-state index is 0.381. The molecule has 1 N–H and O–H groups in total. The molecule has 0 aliphatic heterocycles. The second kappa shape index (κ2) is 9.47. The lowest BCUT2D eigenvalue weighted by atomic mass is 10.0. The van der Waals surface area contributed by atoms with Gasteiger partial charge in [-0.2, -0.15) is 0 Å². The van der Waals surface area contributed by atoms with Crippen molar-refractivity contribution in [3.05, 3.63) is 28.2 Å². The average molecular weight is 355 g/mol. The van der Waals surface area contributed by atoms with Crippen LogP contribution in [0.2, 0.25) is 0 Å². The van der Waals surface area contributed by atoms with E-state index in [2.05, 4.69) is 79.0 Å². The van der Waals surface area contributed by atoms with Gasteiger partial charge in [0.25, 0.3) is 0 Å². The molecule has 2 atom stereocenters. The van der Waals surface area contributed by atoms with E-state index in [1.54, 1.807) is 0 Å². The monoisotopic (exact) mass is 354 g/mol. The van der Waals surface area contributed by atoms with Crippen molar-refractivity contribution in [2.75, 3.05) is 18.0 Å². The van der Waals surface area contributed by atoms with Crippen molar-refractivity contribution >= 4 is 21.6 Å². The first-order chi connectivity index (χ1) is 10.0. The molecule has 21 heavy (non-hydrogen) atoms. The third kappa shape index (κ3) is 5.30. The van der Waals surface area contributed by atoms with E-state index in [1.165, 1.54) is 30.5 Å². The Labute approximate surface area is 139 Å². The fourth-order valence-electron chi connectivity index (χ4n) is 2.67. The van der Waals surface area contributed by atoms with E-state index in [1.807, 2.05) is 0 Å². The van der Waals surface area contributed by atoms with Gasteiger partial charge in [-0.25, -0.2) is 0 Å². The van der Waals surface area contributed by atoms with Crippen LogP contribution in [0.4, 0.5) is 5.69 Å². The van der Waals surface area contributed by atoms with Gasteiger partial charge in [-0.1, -0.05) is 49.2 Å². The maximum absolute atomic E-state index is 3.64. The number of benzene rings is 1. The lowest BCUT2D eigenvalue weighted by Crippen LogP contribution is -2.35. The quantitative estimate of drug-likeness (QED) is 0.627. The molecular formula is C18H31BrN2. The maximum atomic E-state index is 3.64. The predicted molar refractivity (Wildman–Crippen MR) is 98.2 cm³/mol. The molecule has 3 heteroatoms. The smallest absolute Gasteiger partial charge is 0.0428 e. The highest BCUT2D eigenvalue weighted by atomic mass is 79.9. The Balaban J connectivity index is 3.17. The molecule has 0 fully saturated rings. The van der Waals surface area contributed by atoms with Gasteiger partial charge in [0.05, 0.1) is 0 Å². The Morgan fingerprint density at radius 2 is 1.90 bits per heavy atom. The molecule has 2 nitrogen and oxygen atoms in total. The Hall–Kier alpha value is -0.540. The largest absolute Gasteiger partial charge is 0.369 e. The number of hydrogen-bond acceptors (Lipinski definition) is 2. The van der Waals surface area contributed by atoms with Gasteiger partial charge in [-0.15, -0.1) is 0 Å². The second-order valence-electron chi connectivity index (χ2n) is 5.79. The number of nitrogens with zero attached hydrogens (tertiary/aromatic N) is 1. The molecule has 1 aromatic carbocycles. The van der Waals surface area contributed by atoms with Crippen molar-refractivity contribution in [2.45, 2.75) is 66.0 Å². The summed E-state index contributed by atoms with van der Waals surface area (Å²) in [6, 6.07) is 7.64. The van der Waals surface area contributed by atoms with Gasteiger partial charge in [0.15, 0.2) is 0 Å². The van der Waals surface area contributed by atoms with Gasteiger partial charge >= 0.3 is 0 Å². The van der Waals surface area contributed by atoms with Crippen LogP contribution in [-0.4, -0.2) is 19.1 Å². The fourth-order valence-corrected chi connectivity index (χ4v) is 3.02. The highest BCUT2D eigenvalue weighted by Crippen LogP contribution is 2.31. The normalized spacial score (nSPS) is 14.0. The zero-order valence-corrected chi connectivity index (χ0v) is 15.8. The van der Waals surface area contributed by atoms with Gasteiger partial charge in [0.2, 0.25) is 0 Å². The Bertz CT molecular complexity index is 420. The highest BCUT2D eigenvalue weighted by molar-refractivity contribution is 9.10. The molecule has 0 saturated carbocycles. The molecule has 0 aliphatic carbocycles. The van der Waals surface area contributed by atoms with Crippen LogP contribution in [0, 0.1) is 0 Å². The summed E-state index contributed by atoms with van der Waals surface area (Å²) < 4.78 is 1.16. The minimum Gasteiger partial charge on any atom is -0.369 e. The zero-order chi connectivity index (χ0) is 15.8. The van der Waals surface area contributed by atoms with E-state index in [4.69, 9.17) is 0 Å². The van der Waals surface area contributed by atoms with Crippen molar-refractivity contribution < 1.29 is 0 Å². The van der Waals surface area contributed by atoms with Crippen LogP contribution in [0.15, 0.2) is 22.7 Å². The predicted octanol–water partition coefficient (Wildman–Crippen LogP) is 5.52. The Morgan fingerprint density at radius 1 is 1.19 bits per heavy atom. The molecule has 0 heterocycles. The molecule has 2 unspecified atom stereocenters. The summed E-state index contributed by atoms with van der Waals surface area (Å²) in [4.78, 5) is 2.58. The van der Waals surface area contributed by atoms with E-state index in [0.717, 1.165) is 17.6 Å². The standard InChI is InChI=1S/C18H31BrN2/c1-6-9-12-21(14(4)7-2)18-13-16(19)10-11-17(18)15(5)20-8-3/h10-11,13-15,20H,6-9,12H2,1-5H3. The summed E-state index contributed by atoms with van der Waals surface area (Å²) in [7, 11) is 0. The number of nitrogens with one attached hydrogen (secondary N) is 1. The third-order valence-corrected chi connectivity index (χ3v) is 4.65. The molecule has 120 valence electrons. The van der Waals surface area contributed by atoms with Gasteiger partial charge in [0, 0.05) is 28.8 Å². The summed E-state index contributed by atoms with van der Waals surface area (Å²) in [5, 5.41) is 3.55. The lowest BCUT2D eigenvalue weighted by molar-refractivity contribution is 0.571.